The van der Waals surface area contributed by atoms with Crippen LogP contribution in [0.4, 0.5) is 13.2 Å². The van der Waals surface area contributed by atoms with E-state index in [-0.39, 0.29) is 6.04 Å². The van der Waals surface area contributed by atoms with Crippen molar-refractivity contribution in [1.29, 1.82) is 0 Å². The molecule has 1 saturated heterocycles. The third-order valence-corrected chi connectivity index (χ3v) is 3.32. The molecule has 2 nitrogen and oxygen atoms in total. The van der Waals surface area contributed by atoms with Gasteiger partial charge in [-0.2, -0.15) is 13.2 Å². The molecule has 0 aliphatic carbocycles. The fourth-order valence-electron chi connectivity index (χ4n) is 2.23. The highest BCUT2D eigenvalue weighted by Gasteiger charge is 2.30. The van der Waals surface area contributed by atoms with Gasteiger partial charge in [-0.3, -0.25) is 0 Å². The maximum absolute atomic E-state index is 12.1. The fourth-order valence-corrected chi connectivity index (χ4v) is 2.23. The number of halogens is 3. The molecule has 96 valence electrons. The van der Waals surface area contributed by atoms with Gasteiger partial charge in [0.05, 0.1) is 6.54 Å². The molecule has 16 heavy (non-hydrogen) atoms. The van der Waals surface area contributed by atoms with E-state index in [2.05, 4.69) is 17.1 Å². The van der Waals surface area contributed by atoms with Gasteiger partial charge in [0.1, 0.15) is 0 Å². The highest BCUT2D eigenvalue weighted by Crippen LogP contribution is 2.20. The summed E-state index contributed by atoms with van der Waals surface area (Å²) >= 11 is 0. The molecule has 0 saturated carbocycles. The molecule has 1 N–H and O–H groups in total. The Balaban J connectivity index is 2.32. The lowest BCUT2D eigenvalue weighted by Crippen LogP contribution is -2.46. The summed E-state index contributed by atoms with van der Waals surface area (Å²) in [5.41, 5.74) is 0. The molecule has 0 bridgehead atoms. The van der Waals surface area contributed by atoms with Crippen molar-refractivity contribution in [3.63, 3.8) is 0 Å². The maximum Gasteiger partial charge on any atom is 0.401 e. The zero-order valence-electron chi connectivity index (χ0n) is 9.98. The van der Waals surface area contributed by atoms with Gasteiger partial charge < -0.3 is 10.2 Å². The van der Waals surface area contributed by atoms with Crippen LogP contribution in [0.5, 0.6) is 0 Å². The molecule has 2 atom stereocenters. The quantitative estimate of drug-likeness (QED) is 0.808. The van der Waals surface area contributed by atoms with Crippen LogP contribution in [-0.2, 0) is 0 Å². The monoisotopic (exact) mass is 238 g/mol. The van der Waals surface area contributed by atoms with Gasteiger partial charge in [-0.05, 0) is 38.8 Å². The minimum atomic E-state index is -4.10. The van der Waals surface area contributed by atoms with Gasteiger partial charge in [0, 0.05) is 12.6 Å². The Hall–Kier alpha value is -0.290. The van der Waals surface area contributed by atoms with E-state index in [4.69, 9.17) is 0 Å². The minimum absolute atomic E-state index is 0.0593. The molecule has 1 fully saturated rings. The summed E-state index contributed by atoms with van der Waals surface area (Å²) in [7, 11) is 0. The van der Waals surface area contributed by atoms with E-state index in [1.807, 2.05) is 6.92 Å². The predicted molar refractivity (Wildman–Crippen MR) is 58.4 cm³/mol. The summed E-state index contributed by atoms with van der Waals surface area (Å²) in [4.78, 5) is 2.31. The maximum atomic E-state index is 12.1. The van der Waals surface area contributed by atoms with Gasteiger partial charge in [-0.15, -0.1) is 0 Å². The Labute approximate surface area is 95.2 Å². The topological polar surface area (TPSA) is 15.3 Å². The number of hydrogen-bond donors (Lipinski definition) is 1. The summed E-state index contributed by atoms with van der Waals surface area (Å²) in [6.07, 6.45) is -1.98. The van der Waals surface area contributed by atoms with Crippen molar-refractivity contribution in [3.05, 3.63) is 0 Å². The van der Waals surface area contributed by atoms with Gasteiger partial charge in [0.25, 0.3) is 0 Å². The zero-order chi connectivity index (χ0) is 12.2. The summed E-state index contributed by atoms with van der Waals surface area (Å²) in [5, 5.41) is 2.59. The molecule has 0 radical (unpaired) electrons. The first-order valence-corrected chi connectivity index (χ1v) is 5.95. The number of likely N-dealkylation sites (tertiary alicyclic amines) is 1. The highest BCUT2D eigenvalue weighted by molar-refractivity contribution is 4.80. The molecule has 1 aliphatic rings. The van der Waals surface area contributed by atoms with Crippen LogP contribution in [0.1, 0.15) is 26.7 Å². The lowest BCUT2D eigenvalue weighted by atomic mass is 9.91. The van der Waals surface area contributed by atoms with E-state index in [1.165, 1.54) is 0 Å². The van der Waals surface area contributed by atoms with Crippen LogP contribution in [-0.4, -0.2) is 43.3 Å². The molecule has 0 aromatic rings. The van der Waals surface area contributed by atoms with E-state index in [0.717, 1.165) is 32.5 Å². The average Bonchev–Trinajstić information content (AvgIpc) is 2.25. The molecule has 1 aliphatic heterocycles. The van der Waals surface area contributed by atoms with Crippen molar-refractivity contribution in [3.8, 4) is 0 Å². The lowest BCUT2D eigenvalue weighted by Gasteiger charge is -2.35. The molecular weight excluding hydrogens is 217 g/mol. The van der Waals surface area contributed by atoms with Crippen LogP contribution in [0.3, 0.4) is 0 Å². The number of nitrogens with zero attached hydrogens (tertiary/aromatic N) is 1. The van der Waals surface area contributed by atoms with Crippen LogP contribution in [0.25, 0.3) is 0 Å². The number of alkyl halides is 3. The average molecular weight is 238 g/mol. The van der Waals surface area contributed by atoms with E-state index >= 15 is 0 Å². The highest BCUT2D eigenvalue weighted by atomic mass is 19.4. The van der Waals surface area contributed by atoms with Crippen LogP contribution >= 0.6 is 0 Å². The fraction of sp³-hybridized carbons (Fsp3) is 1.00. The van der Waals surface area contributed by atoms with Gasteiger partial charge >= 0.3 is 6.18 Å². The van der Waals surface area contributed by atoms with Crippen molar-refractivity contribution < 1.29 is 13.2 Å². The van der Waals surface area contributed by atoms with Gasteiger partial charge in [-0.1, -0.05) is 6.92 Å². The largest absolute Gasteiger partial charge is 0.401 e. The number of nitrogens with one attached hydrogen (secondary N) is 1. The summed E-state index contributed by atoms with van der Waals surface area (Å²) < 4.78 is 36.2. The molecule has 0 aromatic carbocycles. The first kappa shape index (κ1) is 13.8. The predicted octanol–water partition coefficient (Wildman–Crippen LogP) is 2.26. The van der Waals surface area contributed by atoms with Crippen molar-refractivity contribution in [2.24, 2.45) is 5.92 Å². The van der Waals surface area contributed by atoms with Gasteiger partial charge in [-0.25, -0.2) is 0 Å². The van der Waals surface area contributed by atoms with E-state index in [0.29, 0.717) is 5.92 Å². The third-order valence-electron chi connectivity index (χ3n) is 3.32. The number of piperidine rings is 1. The van der Waals surface area contributed by atoms with Crippen molar-refractivity contribution in [2.45, 2.75) is 38.9 Å². The number of rotatable bonds is 4. The Kier molecular flexibility index (Phi) is 5.05. The SMILES string of the molecule is CCN1CCCC(C(C)NCC(F)(F)F)C1. The second-order valence-corrected chi connectivity index (χ2v) is 4.58. The van der Waals surface area contributed by atoms with Crippen LogP contribution < -0.4 is 5.32 Å². The Morgan fingerprint density at radius 3 is 2.69 bits per heavy atom. The van der Waals surface area contributed by atoms with E-state index < -0.39 is 12.7 Å². The Morgan fingerprint density at radius 2 is 2.12 bits per heavy atom. The van der Waals surface area contributed by atoms with Crippen molar-refractivity contribution >= 4 is 0 Å². The molecule has 2 unspecified atom stereocenters. The molecular formula is C11H21F3N2. The van der Waals surface area contributed by atoms with Crippen LogP contribution in [0, 0.1) is 5.92 Å². The van der Waals surface area contributed by atoms with Crippen LogP contribution in [0.15, 0.2) is 0 Å². The zero-order valence-corrected chi connectivity index (χ0v) is 9.98. The first-order chi connectivity index (χ1) is 7.42. The van der Waals surface area contributed by atoms with Crippen molar-refractivity contribution in [2.75, 3.05) is 26.2 Å². The summed E-state index contributed by atoms with van der Waals surface area (Å²) in [6.45, 7) is 6.06. The smallest absolute Gasteiger partial charge is 0.306 e. The second-order valence-electron chi connectivity index (χ2n) is 4.58. The normalized spacial score (nSPS) is 25.7. The Bertz CT molecular complexity index is 206. The summed E-state index contributed by atoms with van der Waals surface area (Å²) in [5.74, 6) is 0.344. The number of hydrogen-bond acceptors (Lipinski definition) is 2. The third kappa shape index (κ3) is 4.70. The second kappa shape index (κ2) is 5.87. The molecule has 0 amide bonds. The van der Waals surface area contributed by atoms with E-state index in [9.17, 15) is 13.2 Å². The van der Waals surface area contributed by atoms with Crippen LogP contribution in [0.2, 0.25) is 0 Å². The standard InChI is InChI=1S/C11H21F3N2/c1-3-16-6-4-5-10(7-16)9(2)15-8-11(12,13)14/h9-10,15H,3-8H2,1-2H3. The summed E-state index contributed by atoms with van der Waals surface area (Å²) in [6, 6.07) is -0.0593. The lowest BCUT2D eigenvalue weighted by molar-refractivity contribution is -0.127. The molecule has 0 spiro atoms. The Morgan fingerprint density at radius 1 is 1.44 bits per heavy atom. The first-order valence-electron chi connectivity index (χ1n) is 5.95. The molecule has 1 heterocycles. The molecule has 0 aromatic heterocycles. The van der Waals surface area contributed by atoms with E-state index in [1.54, 1.807) is 0 Å². The van der Waals surface area contributed by atoms with Crippen molar-refractivity contribution in [1.82, 2.24) is 10.2 Å². The van der Waals surface area contributed by atoms with Gasteiger partial charge in [0.15, 0.2) is 0 Å². The minimum Gasteiger partial charge on any atom is -0.306 e. The molecule has 5 heteroatoms. The molecule has 1 rings (SSSR count). The van der Waals surface area contributed by atoms with Gasteiger partial charge in [0.2, 0.25) is 0 Å².